The first-order chi connectivity index (χ1) is 10.0. The van der Waals surface area contributed by atoms with Gasteiger partial charge in [0.2, 0.25) is 6.79 Å². The Morgan fingerprint density at radius 1 is 1.14 bits per heavy atom. The SMILES string of the molecule is CC1CC(C)CC(NC(=O)c2cc3c(cc2N)OCO3)C1. The van der Waals surface area contributed by atoms with Crippen LogP contribution < -0.4 is 20.5 Å². The van der Waals surface area contributed by atoms with Gasteiger partial charge < -0.3 is 20.5 Å². The number of anilines is 1. The minimum Gasteiger partial charge on any atom is -0.454 e. The molecule has 2 unspecified atom stereocenters. The Hall–Kier alpha value is -1.91. The van der Waals surface area contributed by atoms with Gasteiger partial charge in [-0.1, -0.05) is 13.8 Å². The molecular weight excluding hydrogens is 268 g/mol. The topological polar surface area (TPSA) is 73.6 Å². The lowest BCUT2D eigenvalue weighted by Gasteiger charge is -2.32. The molecule has 0 bridgehead atoms. The largest absolute Gasteiger partial charge is 0.454 e. The third-order valence-corrected chi connectivity index (χ3v) is 4.30. The molecule has 3 N–H and O–H groups in total. The van der Waals surface area contributed by atoms with E-state index in [1.807, 2.05) is 0 Å². The Balaban J connectivity index is 1.73. The van der Waals surface area contributed by atoms with Gasteiger partial charge in [0.05, 0.1) is 5.56 Å². The van der Waals surface area contributed by atoms with Gasteiger partial charge in [0, 0.05) is 17.8 Å². The number of hydrogen-bond acceptors (Lipinski definition) is 4. The van der Waals surface area contributed by atoms with E-state index in [1.165, 1.54) is 6.42 Å². The van der Waals surface area contributed by atoms with E-state index in [2.05, 4.69) is 19.2 Å². The van der Waals surface area contributed by atoms with Crippen LogP contribution >= 0.6 is 0 Å². The van der Waals surface area contributed by atoms with Crippen LogP contribution in [0.1, 0.15) is 43.5 Å². The predicted octanol–water partition coefficient (Wildman–Crippen LogP) is 2.55. The molecule has 2 aliphatic rings. The summed E-state index contributed by atoms with van der Waals surface area (Å²) >= 11 is 0. The van der Waals surface area contributed by atoms with Crippen LogP contribution in [0.3, 0.4) is 0 Å². The number of carbonyl (C=O) groups is 1. The van der Waals surface area contributed by atoms with Crippen LogP contribution in [0.15, 0.2) is 12.1 Å². The Labute approximate surface area is 124 Å². The average molecular weight is 290 g/mol. The molecule has 114 valence electrons. The zero-order valence-electron chi connectivity index (χ0n) is 12.5. The van der Waals surface area contributed by atoms with Gasteiger partial charge in [0.15, 0.2) is 11.5 Å². The number of nitrogen functional groups attached to an aromatic ring is 1. The molecule has 1 heterocycles. The summed E-state index contributed by atoms with van der Waals surface area (Å²) in [6.45, 7) is 4.66. The van der Waals surface area contributed by atoms with Crippen molar-refractivity contribution >= 4 is 11.6 Å². The van der Waals surface area contributed by atoms with Crippen LogP contribution in [-0.2, 0) is 0 Å². The lowest BCUT2D eigenvalue weighted by molar-refractivity contribution is 0.0911. The standard InChI is InChI=1S/C16H22N2O3/c1-9-3-10(2)5-11(4-9)18-16(19)12-6-14-15(7-13(12)17)21-8-20-14/h6-7,9-11H,3-5,8,17H2,1-2H3,(H,18,19). The minimum absolute atomic E-state index is 0.128. The van der Waals surface area contributed by atoms with Gasteiger partial charge in [-0.25, -0.2) is 0 Å². The highest BCUT2D eigenvalue weighted by Crippen LogP contribution is 2.36. The van der Waals surface area contributed by atoms with Crippen molar-refractivity contribution in [2.75, 3.05) is 12.5 Å². The fourth-order valence-corrected chi connectivity index (χ4v) is 3.48. The highest BCUT2D eigenvalue weighted by molar-refractivity contribution is 6.00. The molecule has 3 rings (SSSR count). The van der Waals surface area contributed by atoms with Crippen molar-refractivity contribution in [2.45, 2.75) is 39.2 Å². The summed E-state index contributed by atoms with van der Waals surface area (Å²) in [4.78, 5) is 12.5. The van der Waals surface area contributed by atoms with Crippen molar-refractivity contribution in [3.8, 4) is 11.5 Å². The number of benzene rings is 1. The van der Waals surface area contributed by atoms with E-state index in [9.17, 15) is 4.79 Å². The molecule has 1 aromatic rings. The van der Waals surface area contributed by atoms with Crippen molar-refractivity contribution in [1.29, 1.82) is 0 Å². The number of ether oxygens (including phenoxy) is 2. The molecular formula is C16H22N2O3. The normalized spacial score (nSPS) is 27.4. The zero-order valence-corrected chi connectivity index (χ0v) is 12.5. The molecule has 0 spiro atoms. The van der Waals surface area contributed by atoms with Crippen LogP contribution in [0.2, 0.25) is 0 Å². The molecule has 1 aromatic carbocycles. The first kappa shape index (κ1) is 14.0. The van der Waals surface area contributed by atoms with E-state index in [-0.39, 0.29) is 18.7 Å². The summed E-state index contributed by atoms with van der Waals surface area (Å²) in [7, 11) is 0. The van der Waals surface area contributed by atoms with Crippen molar-refractivity contribution < 1.29 is 14.3 Å². The number of nitrogens with two attached hydrogens (primary N) is 1. The van der Waals surface area contributed by atoms with E-state index < -0.39 is 0 Å². The molecule has 0 aromatic heterocycles. The predicted molar refractivity (Wildman–Crippen MR) is 80.4 cm³/mol. The maximum Gasteiger partial charge on any atom is 0.253 e. The smallest absolute Gasteiger partial charge is 0.253 e. The first-order valence-electron chi connectivity index (χ1n) is 7.53. The Morgan fingerprint density at radius 2 is 1.76 bits per heavy atom. The minimum atomic E-state index is -0.128. The lowest BCUT2D eigenvalue weighted by Crippen LogP contribution is -2.40. The second-order valence-electron chi connectivity index (χ2n) is 6.38. The van der Waals surface area contributed by atoms with Gasteiger partial charge in [-0.15, -0.1) is 0 Å². The van der Waals surface area contributed by atoms with Crippen LogP contribution in [0.4, 0.5) is 5.69 Å². The molecule has 1 aliphatic carbocycles. The van der Waals surface area contributed by atoms with Gasteiger partial charge in [0.25, 0.3) is 5.91 Å². The number of fused-ring (bicyclic) bond motifs is 1. The van der Waals surface area contributed by atoms with E-state index in [1.54, 1.807) is 12.1 Å². The second-order valence-corrected chi connectivity index (χ2v) is 6.38. The summed E-state index contributed by atoms with van der Waals surface area (Å²) in [5, 5.41) is 3.11. The third kappa shape index (κ3) is 2.91. The molecule has 1 aliphatic heterocycles. The lowest BCUT2D eigenvalue weighted by atomic mass is 9.80. The number of amides is 1. The fraction of sp³-hybridized carbons (Fsp3) is 0.562. The number of nitrogens with one attached hydrogen (secondary N) is 1. The van der Waals surface area contributed by atoms with Crippen molar-refractivity contribution in [3.05, 3.63) is 17.7 Å². The molecule has 5 heteroatoms. The van der Waals surface area contributed by atoms with E-state index in [0.717, 1.165) is 12.8 Å². The summed E-state index contributed by atoms with van der Waals surface area (Å²) in [6, 6.07) is 3.55. The van der Waals surface area contributed by atoms with Crippen LogP contribution in [-0.4, -0.2) is 18.7 Å². The molecule has 0 saturated heterocycles. The Kier molecular flexibility index (Phi) is 3.66. The Morgan fingerprint density at radius 3 is 2.43 bits per heavy atom. The molecule has 2 atom stereocenters. The summed E-state index contributed by atoms with van der Waals surface area (Å²) in [5.74, 6) is 2.35. The van der Waals surface area contributed by atoms with Crippen molar-refractivity contribution in [3.63, 3.8) is 0 Å². The van der Waals surface area contributed by atoms with Crippen LogP contribution in [0.25, 0.3) is 0 Å². The average Bonchev–Trinajstić information content (AvgIpc) is 2.83. The third-order valence-electron chi connectivity index (χ3n) is 4.30. The summed E-state index contributed by atoms with van der Waals surface area (Å²) in [6.07, 6.45) is 3.29. The first-order valence-corrected chi connectivity index (χ1v) is 7.53. The maximum absolute atomic E-state index is 12.5. The number of hydrogen-bond donors (Lipinski definition) is 2. The fourth-order valence-electron chi connectivity index (χ4n) is 3.48. The molecule has 1 saturated carbocycles. The van der Waals surface area contributed by atoms with E-state index in [4.69, 9.17) is 15.2 Å². The van der Waals surface area contributed by atoms with E-state index >= 15 is 0 Å². The van der Waals surface area contributed by atoms with Crippen molar-refractivity contribution in [1.82, 2.24) is 5.32 Å². The second kappa shape index (κ2) is 5.47. The molecule has 21 heavy (non-hydrogen) atoms. The quantitative estimate of drug-likeness (QED) is 0.821. The monoisotopic (exact) mass is 290 g/mol. The molecule has 1 fully saturated rings. The van der Waals surface area contributed by atoms with Gasteiger partial charge in [-0.2, -0.15) is 0 Å². The van der Waals surface area contributed by atoms with Gasteiger partial charge in [0.1, 0.15) is 0 Å². The number of carbonyl (C=O) groups excluding carboxylic acids is 1. The van der Waals surface area contributed by atoms with E-state index in [0.29, 0.717) is 34.6 Å². The highest BCUT2D eigenvalue weighted by Gasteiger charge is 2.27. The van der Waals surface area contributed by atoms with Gasteiger partial charge in [-0.05, 0) is 37.2 Å². The molecule has 0 radical (unpaired) electrons. The highest BCUT2D eigenvalue weighted by atomic mass is 16.7. The van der Waals surface area contributed by atoms with Crippen molar-refractivity contribution in [2.24, 2.45) is 11.8 Å². The molecule has 1 amide bonds. The number of rotatable bonds is 2. The summed E-state index contributed by atoms with van der Waals surface area (Å²) in [5.41, 5.74) is 6.85. The molecule has 5 nitrogen and oxygen atoms in total. The van der Waals surface area contributed by atoms with Gasteiger partial charge >= 0.3 is 0 Å². The summed E-state index contributed by atoms with van der Waals surface area (Å²) < 4.78 is 10.6. The Bertz CT molecular complexity index is 549. The van der Waals surface area contributed by atoms with Gasteiger partial charge in [-0.3, -0.25) is 4.79 Å². The van der Waals surface area contributed by atoms with Crippen LogP contribution in [0, 0.1) is 11.8 Å². The zero-order chi connectivity index (χ0) is 15.0. The maximum atomic E-state index is 12.5. The van der Waals surface area contributed by atoms with Crippen LogP contribution in [0.5, 0.6) is 11.5 Å².